The van der Waals surface area contributed by atoms with Crippen LogP contribution in [-0.2, 0) is 32.0 Å². The van der Waals surface area contributed by atoms with Crippen LogP contribution in [-0.4, -0.2) is 98.4 Å². The van der Waals surface area contributed by atoms with Gasteiger partial charge in [-0.3, -0.25) is 24.0 Å². The molecule has 240 valence electrons. The molecule has 2 aliphatic heterocycles. The Labute approximate surface area is 251 Å². The van der Waals surface area contributed by atoms with E-state index in [4.69, 9.17) is 35.2 Å². The maximum atomic E-state index is 12.8. The molecule has 2 atom stereocenters. The van der Waals surface area contributed by atoms with E-state index in [0.29, 0.717) is 13.2 Å². The van der Waals surface area contributed by atoms with Gasteiger partial charge in [-0.25, -0.2) is 4.79 Å². The van der Waals surface area contributed by atoms with Gasteiger partial charge in [0, 0.05) is 32.7 Å². The summed E-state index contributed by atoms with van der Waals surface area (Å²) in [7, 11) is 6.45. The van der Waals surface area contributed by atoms with Crippen molar-refractivity contribution in [1.82, 2.24) is 14.0 Å². The molecule has 0 unspecified atom stereocenters. The van der Waals surface area contributed by atoms with E-state index >= 15 is 0 Å². The van der Waals surface area contributed by atoms with E-state index in [0.717, 1.165) is 19.7 Å². The minimum atomic E-state index is -0.945. The Morgan fingerprint density at radius 1 is 0.932 bits per heavy atom. The molecule has 3 amide bonds. The lowest BCUT2D eigenvalue weighted by molar-refractivity contribution is -0.112. The van der Waals surface area contributed by atoms with Crippen molar-refractivity contribution < 1.29 is 47.6 Å². The second-order valence-electron chi connectivity index (χ2n) is 9.61. The number of nitrogens with two attached hydrogens (primary N) is 2. The minimum absolute atomic E-state index is 0.00829. The molecular weight excluding hydrogens is 586 g/mol. The Morgan fingerprint density at radius 3 is 2.02 bits per heavy atom. The summed E-state index contributed by atoms with van der Waals surface area (Å²) in [4.78, 5) is 73.5. The highest BCUT2D eigenvalue weighted by atomic mass is 16.7. The van der Waals surface area contributed by atoms with Crippen LogP contribution in [0.3, 0.4) is 0 Å². The van der Waals surface area contributed by atoms with Crippen LogP contribution >= 0.6 is 0 Å². The number of aromatic nitrogens is 2. The number of carbonyl (C=O) groups excluding carboxylic acids is 4. The number of rotatable bonds is 9. The zero-order valence-corrected chi connectivity index (χ0v) is 25.1. The number of hydrogen-bond donors (Lipinski definition) is 2. The lowest BCUT2D eigenvalue weighted by atomic mass is 10.1. The van der Waals surface area contributed by atoms with Crippen LogP contribution < -0.4 is 31.8 Å². The van der Waals surface area contributed by atoms with E-state index in [1.165, 1.54) is 43.8 Å². The second kappa shape index (κ2) is 14.2. The fourth-order valence-corrected chi connectivity index (χ4v) is 4.87. The van der Waals surface area contributed by atoms with Crippen molar-refractivity contribution in [3.8, 4) is 11.5 Å². The van der Waals surface area contributed by atoms with Crippen LogP contribution in [0.5, 0.6) is 11.5 Å². The van der Waals surface area contributed by atoms with Crippen LogP contribution in [0, 0.1) is 0 Å². The van der Waals surface area contributed by atoms with Crippen molar-refractivity contribution in [2.45, 2.75) is 45.0 Å². The molecule has 2 aromatic rings. The van der Waals surface area contributed by atoms with Crippen LogP contribution in [0.1, 0.15) is 55.0 Å². The van der Waals surface area contributed by atoms with Crippen LogP contribution in [0.25, 0.3) is 0 Å². The zero-order valence-electron chi connectivity index (χ0n) is 25.1. The molecule has 0 bridgehead atoms. The van der Waals surface area contributed by atoms with Crippen molar-refractivity contribution >= 4 is 23.7 Å². The molecule has 0 aliphatic carbocycles. The van der Waals surface area contributed by atoms with Crippen molar-refractivity contribution in [1.29, 1.82) is 0 Å². The van der Waals surface area contributed by atoms with Gasteiger partial charge in [0.2, 0.25) is 10.9 Å². The number of carbonyl (C=O) groups is 4. The molecule has 1 fully saturated rings. The van der Waals surface area contributed by atoms with Gasteiger partial charge in [-0.1, -0.05) is 0 Å². The van der Waals surface area contributed by atoms with E-state index in [9.17, 15) is 28.8 Å². The van der Waals surface area contributed by atoms with Crippen LogP contribution in [0.4, 0.5) is 0 Å². The number of fused-ring (bicyclic) bond motifs is 2. The number of amides is 3. The summed E-state index contributed by atoms with van der Waals surface area (Å²) in [5.41, 5.74) is 8.38. The number of ether oxygens (including phenoxy) is 6. The zero-order chi connectivity index (χ0) is 32.9. The van der Waals surface area contributed by atoms with Gasteiger partial charge < -0.3 is 53.9 Å². The number of primary amides is 2. The highest BCUT2D eigenvalue weighted by Crippen LogP contribution is 2.29. The minimum Gasteiger partial charge on any atom is -0.491 e. The molecule has 0 radical (unpaired) electrons. The molecule has 4 rings (SSSR count). The van der Waals surface area contributed by atoms with Gasteiger partial charge in [0.25, 0.3) is 17.7 Å². The van der Waals surface area contributed by atoms with Crippen molar-refractivity contribution in [3.05, 3.63) is 55.4 Å². The third-order valence-electron chi connectivity index (χ3n) is 7.09. The summed E-state index contributed by atoms with van der Waals surface area (Å²) < 4.78 is 33.2. The number of methoxy groups -OCH3 is 5. The summed E-state index contributed by atoms with van der Waals surface area (Å²) >= 11 is 0. The van der Waals surface area contributed by atoms with E-state index in [2.05, 4.69) is 4.74 Å². The summed E-state index contributed by atoms with van der Waals surface area (Å²) in [6, 6.07) is 0.00984. The average Bonchev–Trinajstić information content (AvgIpc) is 2.99. The second-order valence-corrected chi connectivity index (χ2v) is 9.61. The predicted molar refractivity (Wildman–Crippen MR) is 151 cm³/mol. The smallest absolute Gasteiger partial charge is 0.358 e. The largest absolute Gasteiger partial charge is 0.491 e. The number of hydrogen-bond acceptors (Lipinski definition) is 12. The number of pyridine rings is 2. The highest BCUT2D eigenvalue weighted by Gasteiger charge is 2.41. The first kappa shape index (κ1) is 33.8. The van der Waals surface area contributed by atoms with Crippen molar-refractivity contribution in [3.63, 3.8) is 0 Å². The maximum absolute atomic E-state index is 12.8. The molecule has 17 heteroatoms. The SMILES string of the molecule is COC(=O)c1c(OC)c(=O)c(C(N)=O)cn1CC(OC)OC.COc1c2n(cc(C(N)=O)c1=O)C[C@@H]1OCC[C@@H](C)N1C2=O. The van der Waals surface area contributed by atoms with Gasteiger partial charge in [-0.15, -0.1) is 0 Å². The van der Waals surface area contributed by atoms with Gasteiger partial charge >= 0.3 is 5.97 Å². The molecule has 1 saturated heterocycles. The van der Waals surface area contributed by atoms with Crippen molar-refractivity contribution in [2.24, 2.45) is 11.5 Å². The lowest BCUT2D eigenvalue weighted by Gasteiger charge is -2.44. The van der Waals surface area contributed by atoms with Gasteiger partial charge in [-0.2, -0.15) is 0 Å². The van der Waals surface area contributed by atoms with E-state index in [1.807, 2.05) is 6.92 Å². The van der Waals surface area contributed by atoms with Crippen LogP contribution in [0.2, 0.25) is 0 Å². The highest BCUT2D eigenvalue weighted by molar-refractivity contribution is 5.99. The molecular formula is C27H35N5O12. The maximum Gasteiger partial charge on any atom is 0.358 e. The predicted octanol–water partition coefficient (Wildman–Crippen LogP) is -1.09. The van der Waals surface area contributed by atoms with Crippen molar-refractivity contribution in [2.75, 3.05) is 42.2 Å². The Kier molecular flexibility index (Phi) is 10.9. The van der Waals surface area contributed by atoms with Crippen LogP contribution in [0.15, 0.2) is 22.0 Å². The van der Waals surface area contributed by atoms with Gasteiger partial charge in [0.15, 0.2) is 35.4 Å². The Morgan fingerprint density at radius 2 is 1.50 bits per heavy atom. The molecule has 17 nitrogen and oxygen atoms in total. The summed E-state index contributed by atoms with van der Waals surface area (Å²) in [5, 5.41) is 0. The molecule has 44 heavy (non-hydrogen) atoms. The summed E-state index contributed by atoms with van der Waals surface area (Å²) in [6.07, 6.45) is 2.03. The first-order valence-electron chi connectivity index (χ1n) is 13.2. The normalized spacial score (nSPS) is 17.2. The molecule has 0 saturated carbocycles. The molecule has 4 N–H and O–H groups in total. The molecule has 2 aliphatic rings. The molecule has 0 aromatic carbocycles. The standard InChI is InChI=1S/C14H17N3O5.C13H18N2O7/c1-7-3-4-22-9-6-16-5-8(13(15)19)11(18)12(21-2)10(16)14(20)17(7)9;1-19-8(20-2)6-15-5-7(12(14)17)10(16)11(21-3)9(15)13(18)22-4/h5,7,9H,3-4,6H2,1-2H3,(H2,15,19);5,8H,6H2,1-4H3,(H2,14,17)/t7-,9+;/m1./s1. The van der Waals surface area contributed by atoms with E-state index in [-0.39, 0.29) is 52.5 Å². The quantitative estimate of drug-likeness (QED) is 0.252. The fraction of sp³-hybridized carbons (Fsp3) is 0.481. The average molecular weight is 622 g/mol. The Bertz CT molecular complexity index is 1560. The summed E-state index contributed by atoms with van der Waals surface area (Å²) in [6.45, 7) is 2.83. The molecule has 0 spiro atoms. The lowest BCUT2D eigenvalue weighted by Crippen LogP contribution is -2.57. The third-order valence-corrected chi connectivity index (χ3v) is 7.09. The third kappa shape index (κ3) is 6.43. The summed E-state index contributed by atoms with van der Waals surface area (Å²) in [5.74, 6) is -3.44. The first-order valence-corrected chi connectivity index (χ1v) is 13.2. The van der Waals surface area contributed by atoms with Gasteiger partial charge in [0.1, 0.15) is 11.1 Å². The molecule has 2 aromatic heterocycles. The first-order chi connectivity index (χ1) is 20.9. The fourth-order valence-electron chi connectivity index (χ4n) is 4.87. The Hall–Kier alpha value is -4.74. The monoisotopic (exact) mass is 621 g/mol. The number of esters is 1. The van der Waals surface area contributed by atoms with Gasteiger partial charge in [-0.05, 0) is 13.3 Å². The Balaban J connectivity index is 0.000000240. The number of nitrogens with zero attached hydrogens (tertiary/aromatic N) is 3. The van der Waals surface area contributed by atoms with E-state index in [1.54, 1.807) is 4.90 Å². The van der Waals surface area contributed by atoms with E-state index < -0.39 is 41.2 Å². The topological polar surface area (TPSA) is 223 Å². The molecule has 4 heterocycles. The van der Waals surface area contributed by atoms with Gasteiger partial charge in [0.05, 0.1) is 41.0 Å².